The minimum absolute atomic E-state index is 0.135. The SMILES string of the molecule is CC(=O)NC(CC(=O)Nc1ccc(Br)c(C)c1)c1ccc(Cl)cc1. The smallest absolute Gasteiger partial charge is 0.226 e. The normalized spacial score (nSPS) is 11.7. The summed E-state index contributed by atoms with van der Waals surface area (Å²) in [6.45, 7) is 3.38. The van der Waals surface area contributed by atoms with Gasteiger partial charge in [0.2, 0.25) is 11.8 Å². The Hall–Kier alpha value is -1.85. The van der Waals surface area contributed by atoms with Crippen LogP contribution in [0.3, 0.4) is 0 Å². The van der Waals surface area contributed by atoms with Gasteiger partial charge in [-0.3, -0.25) is 9.59 Å². The first-order valence-electron chi connectivity index (χ1n) is 7.43. The molecule has 0 aliphatic carbocycles. The van der Waals surface area contributed by atoms with Crippen molar-refractivity contribution in [2.45, 2.75) is 26.3 Å². The van der Waals surface area contributed by atoms with E-state index in [0.29, 0.717) is 5.02 Å². The number of halogens is 2. The van der Waals surface area contributed by atoms with Crippen molar-refractivity contribution >= 4 is 45.0 Å². The van der Waals surface area contributed by atoms with Crippen LogP contribution in [0.1, 0.15) is 30.5 Å². The number of aryl methyl sites for hydroxylation is 1. The Bertz CT molecular complexity index is 747. The van der Waals surface area contributed by atoms with Crippen LogP contribution in [-0.4, -0.2) is 11.8 Å². The third kappa shape index (κ3) is 5.35. The molecule has 24 heavy (non-hydrogen) atoms. The van der Waals surface area contributed by atoms with Gasteiger partial charge in [0.25, 0.3) is 0 Å². The molecule has 2 N–H and O–H groups in total. The van der Waals surface area contributed by atoms with Gasteiger partial charge in [-0.2, -0.15) is 0 Å². The van der Waals surface area contributed by atoms with Crippen LogP contribution in [0.5, 0.6) is 0 Å². The highest BCUT2D eigenvalue weighted by Gasteiger charge is 2.17. The van der Waals surface area contributed by atoms with E-state index < -0.39 is 6.04 Å². The van der Waals surface area contributed by atoms with Crippen molar-refractivity contribution in [2.75, 3.05) is 5.32 Å². The third-order valence-electron chi connectivity index (χ3n) is 3.48. The number of carbonyl (C=O) groups is 2. The number of carbonyl (C=O) groups excluding carboxylic acids is 2. The monoisotopic (exact) mass is 408 g/mol. The van der Waals surface area contributed by atoms with Gasteiger partial charge >= 0.3 is 0 Å². The largest absolute Gasteiger partial charge is 0.349 e. The second kappa shape index (κ2) is 8.31. The van der Waals surface area contributed by atoms with E-state index in [4.69, 9.17) is 11.6 Å². The molecule has 0 aliphatic heterocycles. The third-order valence-corrected chi connectivity index (χ3v) is 4.62. The Morgan fingerprint density at radius 2 is 1.83 bits per heavy atom. The van der Waals surface area contributed by atoms with Crippen molar-refractivity contribution in [1.82, 2.24) is 5.32 Å². The maximum atomic E-state index is 12.3. The lowest BCUT2D eigenvalue weighted by atomic mass is 10.0. The molecule has 0 heterocycles. The number of amides is 2. The summed E-state index contributed by atoms with van der Waals surface area (Å²) in [7, 11) is 0. The van der Waals surface area contributed by atoms with Crippen molar-refractivity contribution < 1.29 is 9.59 Å². The fourth-order valence-corrected chi connectivity index (χ4v) is 2.69. The predicted molar refractivity (Wildman–Crippen MR) is 100 cm³/mol. The molecule has 0 aliphatic rings. The van der Waals surface area contributed by atoms with Gasteiger partial charge in [-0.25, -0.2) is 0 Å². The molecule has 126 valence electrons. The van der Waals surface area contributed by atoms with Crippen molar-refractivity contribution in [3.63, 3.8) is 0 Å². The van der Waals surface area contributed by atoms with E-state index in [2.05, 4.69) is 26.6 Å². The van der Waals surface area contributed by atoms with Crippen LogP contribution in [0, 0.1) is 6.92 Å². The molecule has 0 bridgehead atoms. The molecule has 0 fully saturated rings. The maximum absolute atomic E-state index is 12.3. The Morgan fingerprint density at radius 3 is 2.42 bits per heavy atom. The summed E-state index contributed by atoms with van der Waals surface area (Å²) in [6.07, 6.45) is 0.135. The van der Waals surface area contributed by atoms with Gasteiger partial charge in [0.15, 0.2) is 0 Å². The standard InChI is InChI=1S/C18H18BrClN2O2/c1-11-9-15(7-8-16(11)19)22-18(24)10-17(21-12(2)23)13-3-5-14(20)6-4-13/h3-9,17H,10H2,1-2H3,(H,21,23)(H,22,24). The summed E-state index contributed by atoms with van der Waals surface area (Å²) in [4.78, 5) is 23.8. The number of nitrogens with one attached hydrogen (secondary N) is 2. The van der Waals surface area contributed by atoms with E-state index in [-0.39, 0.29) is 18.2 Å². The Kier molecular flexibility index (Phi) is 6.40. The average Bonchev–Trinajstić information content (AvgIpc) is 2.50. The van der Waals surface area contributed by atoms with Crippen LogP contribution in [0.4, 0.5) is 5.69 Å². The molecule has 2 aromatic rings. The van der Waals surface area contributed by atoms with Gasteiger partial charge in [0, 0.05) is 22.1 Å². The Labute approximate surface area is 154 Å². The zero-order valence-electron chi connectivity index (χ0n) is 13.4. The van der Waals surface area contributed by atoms with Gasteiger partial charge in [0.05, 0.1) is 12.5 Å². The maximum Gasteiger partial charge on any atom is 0.226 e. The van der Waals surface area contributed by atoms with Crippen LogP contribution < -0.4 is 10.6 Å². The molecule has 1 atom stereocenters. The molecule has 2 amide bonds. The molecule has 6 heteroatoms. The molecule has 0 aromatic heterocycles. The van der Waals surface area contributed by atoms with Crippen LogP contribution in [0.2, 0.25) is 5.02 Å². The van der Waals surface area contributed by atoms with Gasteiger partial charge in [-0.05, 0) is 48.4 Å². The van der Waals surface area contributed by atoms with E-state index in [0.717, 1.165) is 21.3 Å². The summed E-state index contributed by atoms with van der Waals surface area (Å²) in [6, 6.07) is 12.3. The quantitative estimate of drug-likeness (QED) is 0.757. The first-order valence-corrected chi connectivity index (χ1v) is 8.61. The molecule has 1 unspecified atom stereocenters. The Morgan fingerprint density at radius 1 is 1.17 bits per heavy atom. The summed E-state index contributed by atoms with van der Waals surface area (Å²) >= 11 is 9.32. The Balaban J connectivity index is 2.10. The highest BCUT2D eigenvalue weighted by Crippen LogP contribution is 2.22. The molecule has 0 spiro atoms. The number of anilines is 1. The molecular weight excluding hydrogens is 392 g/mol. The van der Waals surface area contributed by atoms with Crippen molar-refractivity contribution in [3.05, 3.63) is 63.1 Å². The number of hydrogen-bond donors (Lipinski definition) is 2. The van der Waals surface area contributed by atoms with Crippen molar-refractivity contribution in [1.29, 1.82) is 0 Å². The highest BCUT2D eigenvalue weighted by atomic mass is 79.9. The summed E-state index contributed by atoms with van der Waals surface area (Å²) in [5.41, 5.74) is 2.58. The first-order chi connectivity index (χ1) is 11.3. The number of rotatable bonds is 5. The first kappa shape index (κ1) is 18.5. The average molecular weight is 410 g/mol. The molecule has 0 saturated carbocycles. The minimum Gasteiger partial charge on any atom is -0.349 e. The predicted octanol–water partition coefficient (Wildman–Crippen LogP) is 4.62. The summed E-state index contributed by atoms with van der Waals surface area (Å²) in [5, 5.41) is 6.27. The highest BCUT2D eigenvalue weighted by molar-refractivity contribution is 9.10. The fourth-order valence-electron chi connectivity index (χ4n) is 2.31. The van der Waals surface area contributed by atoms with E-state index in [9.17, 15) is 9.59 Å². The lowest BCUT2D eigenvalue weighted by Gasteiger charge is -2.18. The van der Waals surface area contributed by atoms with Crippen LogP contribution in [-0.2, 0) is 9.59 Å². The van der Waals surface area contributed by atoms with Gasteiger partial charge in [-0.15, -0.1) is 0 Å². The van der Waals surface area contributed by atoms with Crippen LogP contribution in [0.25, 0.3) is 0 Å². The lowest BCUT2D eigenvalue weighted by Crippen LogP contribution is -2.29. The lowest BCUT2D eigenvalue weighted by molar-refractivity contribution is -0.120. The van der Waals surface area contributed by atoms with Crippen LogP contribution >= 0.6 is 27.5 Å². The molecule has 4 nitrogen and oxygen atoms in total. The summed E-state index contributed by atoms with van der Waals surface area (Å²) in [5.74, 6) is -0.368. The van der Waals surface area contributed by atoms with Gasteiger partial charge in [0.1, 0.15) is 0 Å². The van der Waals surface area contributed by atoms with E-state index in [1.165, 1.54) is 6.92 Å². The summed E-state index contributed by atoms with van der Waals surface area (Å²) < 4.78 is 0.984. The molecule has 2 rings (SSSR count). The van der Waals surface area contributed by atoms with Crippen molar-refractivity contribution in [3.8, 4) is 0 Å². The number of hydrogen-bond acceptors (Lipinski definition) is 2. The van der Waals surface area contributed by atoms with Gasteiger partial charge in [-0.1, -0.05) is 39.7 Å². The second-order valence-corrected chi connectivity index (χ2v) is 6.81. The zero-order valence-corrected chi connectivity index (χ0v) is 15.7. The minimum atomic E-state index is -0.406. The van der Waals surface area contributed by atoms with Crippen LogP contribution in [0.15, 0.2) is 46.9 Å². The van der Waals surface area contributed by atoms with Gasteiger partial charge < -0.3 is 10.6 Å². The molecule has 0 radical (unpaired) electrons. The second-order valence-electron chi connectivity index (χ2n) is 5.52. The molecular formula is C18H18BrClN2O2. The van der Waals surface area contributed by atoms with E-state index in [1.807, 2.05) is 25.1 Å². The fraction of sp³-hybridized carbons (Fsp3) is 0.222. The topological polar surface area (TPSA) is 58.2 Å². The molecule has 0 saturated heterocycles. The zero-order chi connectivity index (χ0) is 17.7. The van der Waals surface area contributed by atoms with E-state index >= 15 is 0 Å². The van der Waals surface area contributed by atoms with E-state index in [1.54, 1.807) is 24.3 Å². The number of benzene rings is 2. The van der Waals surface area contributed by atoms with Crippen molar-refractivity contribution in [2.24, 2.45) is 0 Å². The molecule has 2 aromatic carbocycles.